The maximum atomic E-state index is 5.93. The van der Waals surface area contributed by atoms with Crippen LogP contribution in [-0.4, -0.2) is 38.8 Å². The molecule has 1 aromatic carbocycles. The fourth-order valence-electron chi connectivity index (χ4n) is 4.02. The zero-order valence-corrected chi connectivity index (χ0v) is 18.9. The molecule has 0 radical (unpaired) electrons. The Morgan fingerprint density at radius 3 is 2.63 bits per heavy atom. The summed E-state index contributed by atoms with van der Waals surface area (Å²) < 4.78 is 0. The Labute approximate surface area is 186 Å². The van der Waals surface area contributed by atoms with Gasteiger partial charge in [-0.05, 0) is 25.2 Å². The molecule has 1 aromatic heterocycles. The summed E-state index contributed by atoms with van der Waals surface area (Å²) in [5, 5.41) is 12.3. The summed E-state index contributed by atoms with van der Waals surface area (Å²) in [4.78, 5) is 7.86. The van der Waals surface area contributed by atoms with Gasteiger partial charge in [0, 0.05) is 18.2 Å². The Morgan fingerprint density at radius 2 is 1.97 bits per heavy atom. The average Bonchev–Trinajstić information content (AvgIpc) is 2.77. The number of anilines is 1. The van der Waals surface area contributed by atoms with Crippen LogP contribution < -0.4 is 10.2 Å². The van der Waals surface area contributed by atoms with Crippen LogP contribution in [0.1, 0.15) is 52.4 Å². The second kappa shape index (κ2) is 11.2. The molecule has 0 saturated heterocycles. The fraction of sp³-hybridized carbons (Fsp3) is 0.500. The molecule has 0 spiro atoms. The van der Waals surface area contributed by atoms with Crippen molar-refractivity contribution in [2.45, 2.75) is 64.5 Å². The quantitative estimate of drug-likeness (QED) is 0.442. The van der Waals surface area contributed by atoms with Crippen LogP contribution in [0.5, 0.6) is 0 Å². The molecule has 1 fully saturated rings. The summed E-state index contributed by atoms with van der Waals surface area (Å²) in [6.07, 6.45) is 10.8. The first-order chi connectivity index (χ1) is 14.6. The molecule has 1 heterocycles. The van der Waals surface area contributed by atoms with E-state index >= 15 is 0 Å². The Bertz CT molecular complexity index is 817. The normalized spacial score (nSPS) is 15.6. The van der Waals surface area contributed by atoms with E-state index in [2.05, 4.69) is 40.8 Å². The largest absolute Gasteiger partial charge is 0.375 e. The van der Waals surface area contributed by atoms with Crippen LogP contribution >= 0.6 is 12.2 Å². The highest BCUT2D eigenvalue weighted by molar-refractivity contribution is 7.80. The van der Waals surface area contributed by atoms with Crippen molar-refractivity contribution in [1.82, 2.24) is 20.5 Å². The van der Waals surface area contributed by atoms with E-state index in [1.165, 1.54) is 32.1 Å². The molecule has 1 atom stereocenters. The highest BCUT2D eigenvalue weighted by Gasteiger charge is 2.28. The van der Waals surface area contributed by atoms with Gasteiger partial charge >= 0.3 is 0 Å². The summed E-state index contributed by atoms with van der Waals surface area (Å²) in [5.74, 6) is 1.08. The second-order valence-electron chi connectivity index (χ2n) is 8.44. The first-order valence-corrected chi connectivity index (χ1v) is 11.4. The molecule has 6 heteroatoms. The molecule has 2 aromatic rings. The summed E-state index contributed by atoms with van der Waals surface area (Å²) >= 11 is 5.93. The zero-order chi connectivity index (χ0) is 21.3. The van der Waals surface area contributed by atoms with Crippen LogP contribution in [0.4, 0.5) is 5.95 Å². The average molecular weight is 424 g/mol. The topological polar surface area (TPSA) is 53.9 Å². The second-order valence-corrected chi connectivity index (χ2v) is 8.88. The van der Waals surface area contributed by atoms with Crippen molar-refractivity contribution in [3.8, 4) is 11.3 Å². The van der Waals surface area contributed by atoms with Crippen molar-refractivity contribution < 1.29 is 0 Å². The third-order valence-corrected chi connectivity index (χ3v) is 5.91. The minimum Gasteiger partial charge on any atom is -0.375 e. The van der Waals surface area contributed by atoms with Crippen LogP contribution in [0.25, 0.3) is 11.3 Å². The van der Waals surface area contributed by atoms with Gasteiger partial charge in [0.15, 0.2) is 0 Å². The van der Waals surface area contributed by atoms with Crippen molar-refractivity contribution in [2.24, 2.45) is 5.92 Å². The van der Waals surface area contributed by atoms with Crippen molar-refractivity contribution >= 4 is 23.2 Å². The van der Waals surface area contributed by atoms with E-state index in [1.54, 1.807) is 6.20 Å². The number of aromatic nitrogens is 3. The smallest absolute Gasteiger partial charge is 0.246 e. The van der Waals surface area contributed by atoms with Gasteiger partial charge in [0.1, 0.15) is 0 Å². The van der Waals surface area contributed by atoms with Crippen molar-refractivity contribution in [1.29, 1.82) is 0 Å². The molecule has 0 amide bonds. The van der Waals surface area contributed by atoms with Crippen LogP contribution in [0.3, 0.4) is 0 Å². The third-order valence-electron chi connectivity index (χ3n) is 5.52. The van der Waals surface area contributed by atoms with Gasteiger partial charge in [-0.25, -0.2) is 4.98 Å². The molecule has 160 valence electrons. The van der Waals surface area contributed by atoms with E-state index in [0.717, 1.165) is 22.7 Å². The number of hydrogen-bond donors (Lipinski definition) is 1. The first kappa shape index (κ1) is 22.3. The van der Waals surface area contributed by atoms with E-state index in [1.807, 2.05) is 36.4 Å². The number of nitrogens with one attached hydrogen (secondary N) is 1. The summed E-state index contributed by atoms with van der Waals surface area (Å²) in [5.41, 5.74) is 1.83. The van der Waals surface area contributed by atoms with Gasteiger partial charge < -0.3 is 10.2 Å². The lowest BCUT2D eigenvalue weighted by Crippen LogP contribution is -2.50. The van der Waals surface area contributed by atoms with Gasteiger partial charge in [-0.15, -0.1) is 11.7 Å². The van der Waals surface area contributed by atoms with E-state index in [9.17, 15) is 0 Å². The summed E-state index contributed by atoms with van der Waals surface area (Å²) in [6.45, 7) is 9.02. The molecule has 1 aliphatic rings. The lowest BCUT2D eigenvalue weighted by molar-refractivity contribution is 0.409. The molecule has 1 aliphatic carbocycles. The maximum Gasteiger partial charge on any atom is 0.246 e. The Morgan fingerprint density at radius 1 is 1.23 bits per heavy atom. The van der Waals surface area contributed by atoms with E-state index in [-0.39, 0.29) is 6.04 Å². The lowest BCUT2D eigenvalue weighted by Gasteiger charge is -2.35. The molecule has 1 unspecified atom stereocenters. The number of hydrogen-bond acceptors (Lipinski definition) is 5. The van der Waals surface area contributed by atoms with Gasteiger partial charge in [-0.2, -0.15) is 5.10 Å². The first-order valence-electron chi connectivity index (χ1n) is 11.0. The van der Waals surface area contributed by atoms with Crippen LogP contribution in [0.2, 0.25) is 0 Å². The SMILES string of the molecule is C=CCN(c1nncc(-c2ccccc2)n1)C(CC(C)C)C(=S)NC1CCCCC1. The monoisotopic (exact) mass is 423 g/mol. The Kier molecular flexibility index (Phi) is 8.31. The van der Waals surface area contributed by atoms with Gasteiger partial charge in [-0.1, -0.05) is 81.7 Å². The molecule has 1 saturated carbocycles. The van der Waals surface area contributed by atoms with Gasteiger partial charge in [-0.3, -0.25) is 0 Å². The van der Waals surface area contributed by atoms with Crippen LogP contribution in [0.15, 0.2) is 49.2 Å². The highest BCUT2D eigenvalue weighted by atomic mass is 32.1. The molecule has 30 heavy (non-hydrogen) atoms. The minimum atomic E-state index is 0.00718. The molecule has 3 rings (SSSR count). The summed E-state index contributed by atoms with van der Waals surface area (Å²) in [7, 11) is 0. The van der Waals surface area contributed by atoms with E-state index < -0.39 is 0 Å². The fourth-order valence-corrected chi connectivity index (χ4v) is 4.41. The number of rotatable bonds is 9. The number of thiocarbonyl (C=S) groups is 1. The molecule has 0 bridgehead atoms. The minimum absolute atomic E-state index is 0.00718. The predicted molar refractivity (Wildman–Crippen MR) is 129 cm³/mol. The molecule has 1 N–H and O–H groups in total. The van der Waals surface area contributed by atoms with Gasteiger partial charge in [0.2, 0.25) is 5.95 Å². The van der Waals surface area contributed by atoms with E-state index in [4.69, 9.17) is 17.2 Å². The Balaban J connectivity index is 1.88. The molecule has 5 nitrogen and oxygen atoms in total. The third kappa shape index (κ3) is 6.08. The lowest BCUT2D eigenvalue weighted by atomic mass is 9.94. The summed E-state index contributed by atoms with van der Waals surface area (Å²) in [6, 6.07) is 10.6. The van der Waals surface area contributed by atoms with Crippen molar-refractivity contribution in [2.75, 3.05) is 11.4 Å². The van der Waals surface area contributed by atoms with Crippen LogP contribution in [-0.2, 0) is 0 Å². The molecule has 0 aliphatic heterocycles. The van der Waals surface area contributed by atoms with Crippen molar-refractivity contribution in [3.63, 3.8) is 0 Å². The maximum absolute atomic E-state index is 5.93. The van der Waals surface area contributed by atoms with Crippen molar-refractivity contribution in [3.05, 3.63) is 49.2 Å². The molecular weight excluding hydrogens is 390 g/mol. The predicted octanol–water partition coefficient (Wildman–Crippen LogP) is 5.20. The standard InChI is InChI=1S/C24H33N5S/c1-4-15-29(24-27-21(17-25-28-24)19-11-7-5-8-12-19)22(16-18(2)3)23(30)26-20-13-9-6-10-14-20/h4-5,7-8,11-12,17-18,20,22H,1,6,9-10,13-16H2,2-3H3,(H,26,30). The Hall–Kier alpha value is -2.34. The van der Waals surface area contributed by atoms with Gasteiger partial charge in [0.25, 0.3) is 0 Å². The highest BCUT2D eigenvalue weighted by Crippen LogP contribution is 2.23. The zero-order valence-electron chi connectivity index (χ0n) is 18.1. The van der Waals surface area contributed by atoms with E-state index in [0.29, 0.717) is 24.5 Å². The van der Waals surface area contributed by atoms with Crippen LogP contribution in [0, 0.1) is 5.92 Å². The van der Waals surface area contributed by atoms with Gasteiger partial charge in [0.05, 0.1) is 22.9 Å². The number of benzene rings is 1. The molecular formula is C24H33N5S. The number of nitrogens with zero attached hydrogens (tertiary/aromatic N) is 4.